The summed E-state index contributed by atoms with van der Waals surface area (Å²) in [5, 5.41) is 5.50. The van der Waals surface area contributed by atoms with Crippen molar-refractivity contribution >= 4 is 29.3 Å². The van der Waals surface area contributed by atoms with Crippen molar-refractivity contribution < 1.29 is 9.59 Å². The zero-order valence-corrected chi connectivity index (χ0v) is 17.3. The molecule has 148 valence electrons. The van der Waals surface area contributed by atoms with Crippen molar-refractivity contribution in [1.82, 2.24) is 5.32 Å². The molecule has 0 fully saturated rings. The van der Waals surface area contributed by atoms with Crippen molar-refractivity contribution in [3.8, 4) is 0 Å². The molecule has 1 unspecified atom stereocenters. The number of hydrogen-bond acceptors (Lipinski definition) is 3. The average Bonchev–Trinajstić information content (AvgIpc) is 2.75. The van der Waals surface area contributed by atoms with Gasteiger partial charge in [-0.2, -0.15) is 0 Å². The Bertz CT molecular complexity index is 972. The molecule has 29 heavy (non-hydrogen) atoms. The minimum absolute atomic E-state index is 0.256. The van der Waals surface area contributed by atoms with Gasteiger partial charge in [0.15, 0.2) is 0 Å². The standard InChI is InChI=1S/C24H24N2O2S/c1-3-18-13-15-19(16-14-18)17(2)25-23(27)24(28)26-21-11-7-8-12-22(21)29-20-9-5-4-6-10-20/h4-17H,3H2,1-2H3,(H,25,27)(H,26,28). The molecule has 0 aromatic heterocycles. The number of para-hydroxylation sites is 1. The topological polar surface area (TPSA) is 58.2 Å². The van der Waals surface area contributed by atoms with Gasteiger partial charge in [0.2, 0.25) is 0 Å². The Morgan fingerprint density at radius 3 is 2.21 bits per heavy atom. The summed E-state index contributed by atoms with van der Waals surface area (Å²) in [5.74, 6) is -1.33. The van der Waals surface area contributed by atoms with E-state index in [1.807, 2.05) is 79.7 Å². The Labute approximate surface area is 175 Å². The first-order valence-electron chi connectivity index (χ1n) is 9.59. The van der Waals surface area contributed by atoms with Crippen LogP contribution in [-0.2, 0) is 16.0 Å². The van der Waals surface area contributed by atoms with E-state index in [2.05, 4.69) is 17.6 Å². The van der Waals surface area contributed by atoms with E-state index in [4.69, 9.17) is 0 Å². The molecule has 0 aliphatic heterocycles. The third-order valence-electron chi connectivity index (χ3n) is 4.55. The first kappa shape index (κ1) is 20.7. The van der Waals surface area contributed by atoms with E-state index >= 15 is 0 Å². The molecular formula is C24H24N2O2S. The minimum atomic E-state index is -0.678. The molecule has 0 aliphatic carbocycles. The van der Waals surface area contributed by atoms with Gasteiger partial charge in [-0.05, 0) is 48.7 Å². The molecule has 3 aromatic carbocycles. The second-order valence-corrected chi connectivity index (χ2v) is 7.77. The monoisotopic (exact) mass is 404 g/mol. The van der Waals surface area contributed by atoms with Crippen LogP contribution in [0.15, 0.2) is 88.7 Å². The molecule has 0 radical (unpaired) electrons. The highest BCUT2D eigenvalue weighted by atomic mass is 32.2. The number of carbonyl (C=O) groups excluding carboxylic acids is 2. The van der Waals surface area contributed by atoms with E-state index in [-0.39, 0.29) is 6.04 Å². The first-order valence-corrected chi connectivity index (χ1v) is 10.4. The largest absolute Gasteiger partial charge is 0.341 e. The van der Waals surface area contributed by atoms with E-state index < -0.39 is 11.8 Å². The first-order chi connectivity index (χ1) is 14.1. The van der Waals surface area contributed by atoms with Crippen LogP contribution in [-0.4, -0.2) is 11.8 Å². The summed E-state index contributed by atoms with van der Waals surface area (Å²) in [4.78, 5) is 26.8. The zero-order chi connectivity index (χ0) is 20.6. The van der Waals surface area contributed by atoms with Crippen LogP contribution in [0.25, 0.3) is 0 Å². The molecule has 2 N–H and O–H groups in total. The van der Waals surface area contributed by atoms with Crippen LogP contribution in [0.2, 0.25) is 0 Å². The van der Waals surface area contributed by atoms with Crippen molar-refractivity contribution in [2.24, 2.45) is 0 Å². The Morgan fingerprint density at radius 2 is 1.52 bits per heavy atom. The van der Waals surface area contributed by atoms with Crippen LogP contribution in [0, 0.1) is 0 Å². The number of carbonyl (C=O) groups is 2. The van der Waals surface area contributed by atoms with Gasteiger partial charge in [-0.3, -0.25) is 9.59 Å². The molecule has 0 aliphatic rings. The summed E-state index contributed by atoms with van der Waals surface area (Å²) >= 11 is 1.54. The quantitative estimate of drug-likeness (QED) is 0.554. The molecule has 0 heterocycles. The number of amides is 2. The van der Waals surface area contributed by atoms with E-state index in [1.54, 1.807) is 6.07 Å². The molecule has 3 rings (SSSR count). The molecule has 0 bridgehead atoms. The van der Waals surface area contributed by atoms with E-state index in [1.165, 1.54) is 17.3 Å². The summed E-state index contributed by atoms with van der Waals surface area (Å²) in [6.45, 7) is 3.96. The van der Waals surface area contributed by atoms with Gasteiger partial charge in [0, 0.05) is 9.79 Å². The smallest absolute Gasteiger partial charge is 0.313 e. The van der Waals surface area contributed by atoms with E-state index in [9.17, 15) is 9.59 Å². The van der Waals surface area contributed by atoms with Gasteiger partial charge in [-0.15, -0.1) is 0 Å². The third-order valence-corrected chi connectivity index (χ3v) is 5.63. The average molecular weight is 405 g/mol. The van der Waals surface area contributed by atoms with Gasteiger partial charge in [-0.1, -0.05) is 73.3 Å². The molecule has 0 saturated heterocycles. The van der Waals surface area contributed by atoms with Crippen LogP contribution in [0.1, 0.15) is 31.0 Å². The second-order valence-electron chi connectivity index (χ2n) is 6.66. The number of aryl methyl sites for hydroxylation is 1. The molecule has 1 atom stereocenters. The van der Waals surface area contributed by atoms with Crippen LogP contribution in [0.4, 0.5) is 5.69 Å². The van der Waals surface area contributed by atoms with Crippen LogP contribution in [0.3, 0.4) is 0 Å². The third kappa shape index (κ3) is 5.72. The lowest BCUT2D eigenvalue weighted by Crippen LogP contribution is -2.37. The van der Waals surface area contributed by atoms with Gasteiger partial charge in [-0.25, -0.2) is 0 Å². The zero-order valence-electron chi connectivity index (χ0n) is 16.5. The highest BCUT2D eigenvalue weighted by molar-refractivity contribution is 7.99. The maximum absolute atomic E-state index is 12.5. The second kappa shape index (κ2) is 9.94. The van der Waals surface area contributed by atoms with Crippen LogP contribution in [0.5, 0.6) is 0 Å². The fraction of sp³-hybridized carbons (Fsp3) is 0.167. The Kier molecular flexibility index (Phi) is 7.09. The highest BCUT2D eigenvalue weighted by Gasteiger charge is 2.18. The van der Waals surface area contributed by atoms with Gasteiger partial charge in [0.25, 0.3) is 0 Å². The molecule has 2 amide bonds. The van der Waals surface area contributed by atoms with Gasteiger partial charge in [0.05, 0.1) is 11.7 Å². The minimum Gasteiger partial charge on any atom is -0.341 e. The van der Waals surface area contributed by atoms with Gasteiger partial charge < -0.3 is 10.6 Å². The number of benzene rings is 3. The predicted molar refractivity (Wildman–Crippen MR) is 118 cm³/mol. The summed E-state index contributed by atoms with van der Waals surface area (Å²) in [6, 6.07) is 25.1. The molecule has 3 aromatic rings. The summed E-state index contributed by atoms with van der Waals surface area (Å²) in [7, 11) is 0. The van der Waals surface area contributed by atoms with E-state index in [0.717, 1.165) is 21.8 Å². The number of rotatable bonds is 6. The molecule has 0 saturated carbocycles. The van der Waals surface area contributed by atoms with Gasteiger partial charge >= 0.3 is 11.8 Å². The Morgan fingerprint density at radius 1 is 0.862 bits per heavy atom. The predicted octanol–water partition coefficient (Wildman–Crippen LogP) is 5.22. The van der Waals surface area contributed by atoms with Gasteiger partial charge in [0.1, 0.15) is 0 Å². The SMILES string of the molecule is CCc1ccc(C(C)NC(=O)C(=O)Nc2ccccc2Sc2ccccc2)cc1. The lowest BCUT2D eigenvalue weighted by Gasteiger charge is -2.15. The lowest BCUT2D eigenvalue weighted by atomic mass is 10.1. The normalized spacial score (nSPS) is 11.5. The van der Waals surface area contributed by atoms with Crippen LogP contribution >= 0.6 is 11.8 Å². The molecule has 5 heteroatoms. The number of anilines is 1. The van der Waals surface area contributed by atoms with Crippen LogP contribution < -0.4 is 10.6 Å². The van der Waals surface area contributed by atoms with Crippen molar-refractivity contribution in [3.05, 3.63) is 90.0 Å². The lowest BCUT2D eigenvalue weighted by molar-refractivity contribution is -0.136. The van der Waals surface area contributed by atoms with Crippen molar-refractivity contribution in [1.29, 1.82) is 0 Å². The molecular weight excluding hydrogens is 380 g/mol. The number of nitrogens with one attached hydrogen (secondary N) is 2. The fourth-order valence-corrected chi connectivity index (χ4v) is 3.76. The van der Waals surface area contributed by atoms with Crippen molar-refractivity contribution in [3.63, 3.8) is 0 Å². The summed E-state index contributed by atoms with van der Waals surface area (Å²) < 4.78 is 0. The molecule has 4 nitrogen and oxygen atoms in total. The maximum atomic E-state index is 12.5. The number of hydrogen-bond donors (Lipinski definition) is 2. The van der Waals surface area contributed by atoms with Crippen molar-refractivity contribution in [2.75, 3.05) is 5.32 Å². The van der Waals surface area contributed by atoms with E-state index in [0.29, 0.717) is 5.69 Å². The Balaban J connectivity index is 1.64. The molecule has 0 spiro atoms. The maximum Gasteiger partial charge on any atom is 0.313 e. The Hall–Kier alpha value is -3.05. The summed E-state index contributed by atoms with van der Waals surface area (Å²) in [6.07, 6.45) is 0.962. The summed E-state index contributed by atoms with van der Waals surface area (Å²) in [5.41, 5.74) is 2.81. The van der Waals surface area contributed by atoms with Crippen molar-refractivity contribution in [2.45, 2.75) is 36.1 Å². The fourth-order valence-electron chi connectivity index (χ4n) is 2.84. The highest BCUT2D eigenvalue weighted by Crippen LogP contribution is 2.33.